The number of rotatable bonds is 3. The summed E-state index contributed by atoms with van der Waals surface area (Å²) in [7, 11) is 0. The number of nitrogens with one attached hydrogen (secondary N) is 1. The Morgan fingerprint density at radius 2 is 1.89 bits per heavy atom. The minimum atomic E-state index is -0.275. The van der Waals surface area contributed by atoms with Crippen LogP contribution in [0.3, 0.4) is 0 Å². The fourth-order valence-electron chi connectivity index (χ4n) is 1.49. The van der Waals surface area contributed by atoms with Crippen LogP contribution in [0.4, 0.5) is 10.1 Å². The molecule has 0 spiro atoms. The summed E-state index contributed by atoms with van der Waals surface area (Å²) in [5.41, 5.74) is 1.67. The number of hydrogen-bond acceptors (Lipinski definition) is 1. The molecule has 0 bridgehead atoms. The predicted molar refractivity (Wildman–Crippen MR) is 77.9 cm³/mol. The molecule has 94 valence electrons. The molecule has 1 nitrogen and oxygen atoms in total. The third-order valence-corrected chi connectivity index (χ3v) is 4.06. The standard InChI is InChI=1S/C13H9BrCl2FN/c14-13-8(2-1-3-12(13)17)7-18-9-4-5-10(15)11(16)6-9/h1-6,18H,7H2. The number of benzene rings is 2. The molecule has 1 N–H and O–H groups in total. The molecule has 0 fully saturated rings. The van der Waals surface area contributed by atoms with Crippen LogP contribution in [-0.2, 0) is 6.54 Å². The lowest BCUT2D eigenvalue weighted by atomic mass is 10.2. The first-order chi connectivity index (χ1) is 8.58. The van der Waals surface area contributed by atoms with Crippen LogP contribution in [0.1, 0.15) is 5.56 Å². The van der Waals surface area contributed by atoms with Crippen molar-refractivity contribution < 1.29 is 4.39 Å². The van der Waals surface area contributed by atoms with E-state index in [4.69, 9.17) is 23.2 Å². The SMILES string of the molecule is Fc1cccc(CNc2ccc(Cl)c(Cl)c2)c1Br. The van der Waals surface area contributed by atoms with E-state index < -0.39 is 0 Å². The van der Waals surface area contributed by atoms with Gasteiger partial charge in [0.25, 0.3) is 0 Å². The molecule has 0 radical (unpaired) electrons. The maximum atomic E-state index is 13.3. The van der Waals surface area contributed by atoms with Crippen molar-refractivity contribution >= 4 is 44.8 Å². The molecule has 0 aromatic heterocycles. The Balaban J connectivity index is 2.11. The van der Waals surface area contributed by atoms with Gasteiger partial charge >= 0.3 is 0 Å². The second-order valence-electron chi connectivity index (χ2n) is 3.70. The van der Waals surface area contributed by atoms with Gasteiger partial charge in [-0.25, -0.2) is 4.39 Å². The Morgan fingerprint density at radius 1 is 1.11 bits per heavy atom. The zero-order valence-electron chi connectivity index (χ0n) is 9.18. The fourth-order valence-corrected chi connectivity index (χ4v) is 2.19. The van der Waals surface area contributed by atoms with Crippen molar-refractivity contribution in [2.24, 2.45) is 0 Å². The highest BCUT2D eigenvalue weighted by Crippen LogP contribution is 2.26. The van der Waals surface area contributed by atoms with Gasteiger partial charge in [-0.15, -0.1) is 0 Å². The Kier molecular flexibility index (Phi) is 4.49. The maximum absolute atomic E-state index is 13.3. The summed E-state index contributed by atoms with van der Waals surface area (Å²) in [6.07, 6.45) is 0. The first-order valence-electron chi connectivity index (χ1n) is 5.20. The first-order valence-corrected chi connectivity index (χ1v) is 6.74. The van der Waals surface area contributed by atoms with Gasteiger partial charge in [0.15, 0.2) is 0 Å². The van der Waals surface area contributed by atoms with Crippen LogP contribution in [0.2, 0.25) is 10.0 Å². The third-order valence-electron chi connectivity index (χ3n) is 2.43. The zero-order valence-corrected chi connectivity index (χ0v) is 12.3. The summed E-state index contributed by atoms with van der Waals surface area (Å²) in [4.78, 5) is 0. The second-order valence-corrected chi connectivity index (χ2v) is 5.30. The van der Waals surface area contributed by atoms with E-state index >= 15 is 0 Å². The lowest BCUT2D eigenvalue weighted by Crippen LogP contribution is -2.01. The molecule has 0 aliphatic carbocycles. The van der Waals surface area contributed by atoms with Crippen molar-refractivity contribution in [3.05, 3.63) is 62.3 Å². The Labute approximate surface area is 123 Å². The molecule has 2 rings (SSSR count). The summed E-state index contributed by atoms with van der Waals surface area (Å²) >= 11 is 15.0. The molecule has 0 amide bonds. The van der Waals surface area contributed by atoms with Crippen LogP contribution in [0.15, 0.2) is 40.9 Å². The molecule has 0 aliphatic rings. The number of hydrogen-bond donors (Lipinski definition) is 1. The summed E-state index contributed by atoms with van der Waals surface area (Å²) in [5, 5.41) is 4.15. The van der Waals surface area contributed by atoms with E-state index in [1.165, 1.54) is 6.07 Å². The van der Waals surface area contributed by atoms with Crippen molar-refractivity contribution in [1.82, 2.24) is 0 Å². The summed E-state index contributed by atoms with van der Waals surface area (Å²) in [6.45, 7) is 0.496. The molecule has 0 atom stereocenters. The third kappa shape index (κ3) is 3.16. The van der Waals surface area contributed by atoms with Gasteiger partial charge in [-0.05, 0) is 45.8 Å². The van der Waals surface area contributed by atoms with Crippen LogP contribution in [0.5, 0.6) is 0 Å². The van der Waals surface area contributed by atoms with E-state index in [0.29, 0.717) is 21.1 Å². The molecule has 0 heterocycles. The van der Waals surface area contributed by atoms with Gasteiger partial charge in [0, 0.05) is 12.2 Å². The average Bonchev–Trinajstić information content (AvgIpc) is 2.35. The van der Waals surface area contributed by atoms with E-state index in [9.17, 15) is 4.39 Å². The van der Waals surface area contributed by atoms with Gasteiger partial charge in [0.2, 0.25) is 0 Å². The van der Waals surface area contributed by atoms with Gasteiger partial charge in [0.05, 0.1) is 14.5 Å². The van der Waals surface area contributed by atoms with Crippen LogP contribution in [0, 0.1) is 5.82 Å². The molecular formula is C13H9BrCl2FN. The van der Waals surface area contributed by atoms with Crippen LogP contribution in [0.25, 0.3) is 0 Å². The summed E-state index contributed by atoms with van der Waals surface area (Å²) in [6, 6.07) is 10.2. The van der Waals surface area contributed by atoms with Crippen molar-refractivity contribution in [2.45, 2.75) is 6.54 Å². The quantitative estimate of drug-likeness (QED) is 0.771. The van der Waals surface area contributed by atoms with Crippen molar-refractivity contribution in [3.8, 4) is 0 Å². The van der Waals surface area contributed by atoms with Crippen molar-refractivity contribution in [3.63, 3.8) is 0 Å². The predicted octanol–water partition coefficient (Wildman–Crippen LogP) is 5.51. The highest BCUT2D eigenvalue weighted by Gasteiger charge is 2.05. The zero-order chi connectivity index (χ0) is 13.1. The monoisotopic (exact) mass is 347 g/mol. The van der Waals surface area contributed by atoms with Gasteiger partial charge in [-0.1, -0.05) is 35.3 Å². The van der Waals surface area contributed by atoms with Crippen LogP contribution in [-0.4, -0.2) is 0 Å². The van der Waals surface area contributed by atoms with E-state index in [1.807, 2.05) is 12.1 Å². The fraction of sp³-hybridized carbons (Fsp3) is 0.0769. The molecule has 5 heteroatoms. The molecular weight excluding hydrogens is 340 g/mol. The summed E-state index contributed by atoms with van der Waals surface area (Å²) < 4.78 is 13.8. The van der Waals surface area contributed by atoms with Gasteiger partial charge < -0.3 is 5.32 Å². The Hall–Kier alpha value is -0.770. The van der Waals surface area contributed by atoms with E-state index in [1.54, 1.807) is 18.2 Å². The summed E-state index contributed by atoms with van der Waals surface area (Å²) in [5.74, 6) is -0.275. The lowest BCUT2D eigenvalue weighted by Gasteiger charge is -2.09. The molecule has 2 aromatic rings. The number of halogens is 4. The highest BCUT2D eigenvalue weighted by molar-refractivity contribution is 9.10. The minimum Gasteiger partial charge on any atom is -0.381 e. The molecule has 2 aromatic carbocycles. The first kappa shape index (κ1) is 13.7. The van der Waals surface area contributed by atoms with E-state index in [-0.39, 0.29) is 5.82 Å². The Bertz CT molecular complexity index is 575. The van der Waals surface area contributed by atoms with Crippen LogP contribution < -0.4 is 5.32 Å². The normalized spacial score (nSPS) is 10.4. The Morgan fingerprint density at radius 3 is 2.61 bits per heavy atom. The highest BCUT2D eigenvalue weighted by atomic mass is 79.9. The maximum Gasteiger partial charge on any atom is 0.137 e. The second kappa shape index (κ2) is 5.91. The van der Waals surface area contributed by atoms with Crippen molar-refractivity contribution in [2.75, 3.05) is 5.32 Å². The molecule has 18 heavy (non-hydrogen) atoms. The largest absolute Gasteiger partial charge is 0.381 e. The average molecular weight is 349 g/mol. The minimum absolute atomic E-state index is 0.275. The lowest BCUT2D eigenvalue weighted by molar-refractivity contribution is 0.618. The molecule has 0 unspecified atom stereocenters. The molecule has 0 saturated carbocycles. The molecule has 0 aliphatic heterocycles. The van der Waals surface area contributed by atoms with E-state index in [0.717, 1.165) is 11.3 Å². The van der Waals surface area contributed by atoms with Gasteiger partial charge in [-0.3, -0.25) is 0 Å². The van der Waals surface area contributed by atoms with Crippen LogP contribution >= 0.6 is 39.1 Å². The molecule has 0 saturated heterocycles. The van der Waals surface area contributed by atoms with Gasteiger partial charge in [0.1, 0.15) is 5.82 Å². The number of anilines is 1. The van der Waals surface area contributed by atoms with Crippen molar-refractivity contribution in [1.29, 1.82) is 0 Å². The van der Waals surface area contributed by atoms with E-state index in [2.05, 4.69) is 21.2 Å². The smallest absolute Gasteiger partial charge is 0.137 e. The van der Waals surface area contributed by atoms with Gasteiger partial charge in [-0.2, -0.15) is 0 Å². The topological polar surface area (TPSA) is 12.0 Å².